The van der Waals surface area contributed by atoms with Crippen LogP contribution in [-0.2, 0) is 4.79 Å². The highest BCUT2D eigenvalue weighted by molar-refractivity contribution is 5.97. The van der Waals surface area contributed by atoms with Crippen LogP contribution in [0.5, 0.6) is 0 Å². The van der Waals surface area contributed by atoms with Gasteiger partial charge in [-0.1, -0.05) is 18.2 Å². The largest absolute Gasteiger partial charge is 0.478 e. The number of aromatic nitrogens is 1. The highest BCUT2D eigenvalue weighted by atomic mass is 16.4. The monoisotopic (exact) mass is 332 g/mol. The number of benzene rings is 2. The lowest BCUT2D eigenvalue weighted by atomic mass is 10.1. The third-order valence-electron chi connectivity index (χ3n) is 4.62. The summed E-state index contributed by atoms with van der Waals surface area (Å²) >= 11 is 0. The van der Waals surface area contributed by atoms with Gasteiger partial charge in [0.2, 0.25) is 5.91 Å². The van der Waals surface area contributed by atoms with Crippen LogP contribution in [0.3, 0.4) is 0 Å². The molecule has 0 spiro atoms. The fourth-order valence-corrected chi connectivity index (χ4v) is 3.12. The number of amides is 1. The maximum Gasteiger partial charge on any atom is 0.335 e. The van der Waals surface area contributed by atoms with Gasteiger partial charge in [0, 0.05) is 29.4 Å². The molecule has 1 aliphatic carbocycles. The molecule has 5 nitrogen and oxygen atoms in total. The van der Waals surface area contributed by atoms with Crippen LogP contribution in [0.1, 0.15) is 28.3 Å². The van der Waals surface area contributed by atoms with Crippen molar-refractivity contribution in [3.05, 3.63) is 72.1 Å². The van der Waals surface area contributed by atoms with Gasteiger partial charge in [0.05, 0.1) is 5.56 Å². The van der Waals surface area contributed by atoms with Crippen LogP contribution < -0.4 is 5.32 Å². The van der Waals surface area contributed by atoms with Gasteiger partial charge in [0.1, 0.15) is 0 Å². The molecule has 2 atom stereocenters. The van der Waals surface area contributed by atoms with E-state index < -0.39 is 5.97 Å². The molecule has 5 heteroatoms. The molecular formula is C20H16N2O3. The van der Waals surface area contributed by atoms with Gasteiger partial charge in [-0.25, -0.2) is 4.79 Å². The fourth-order valence-electron chi connectivity index (χ4n) is 3.12. The first kappa shape index (κ1) is 15.3. The summed E-state index contributed by atoms with van der Waals surface area (Å²) in [5.74, 6) is -0.847. The van der Waals surface area contributed by atoms with Crippen LogP contribution in [0, 0.1) is 5.92 Å². The number of anilines is 1. The summed E-state index contributed by atoms with van der Waals surface area (Å²) in [6, 6.07) is 14.4. The first-order chi connectivity index (χ1) is 12.1. The molecule has 2 aromatic carbocycles. The average Bonchev–Trinajstić information content (AvgIpc) is 3.42. The molecule has 25 heavy (non-hydrogen) atoms. The van der Waals surface area contributed by atoms with Crippen LogP contribution >= 0.6 is 0 Å². The van der Waals surface area contributed by atoms with Gasteiger partial charge in [-0.2, -0.15) is 0 Å². The van der Waals surface area contributed by atoms with E-state index >= 15 is 0 Å². The third kappa shape index (κ3) is 3.08. The molecule has 1 amide bonds. The fraction of sp³-hybridized carbons (Fsp3) is 0.150. The number of aromatic carboxylic acids is 1. The Bertz CT molecular complexity index is 966. The van der Waals surface area contributed by atoms with Crippen molar-refractivity contribution >= 4 is 28.3 Å². The van der Waals surface area contributed by atoms with Crippen LogP contribution in [0.4, 0.5) is 5.69 Å². The second-order valence-electron chi connectivity index (χ2n) is 6.30. The third-order valence-corrected chi connectivity index (χ3v) is 4.62. The predicted molar refractivity (Wildman–Crippen MR) is 94.6 cm³/mol. The summed E-state index contributed by atoms with van der Waals surface area (Å²) < 4.78 is 0. The molecule has 4 rings (SSSR count). The lowest BCUT2D eigenvalue weighted by Gasteiger charge is -2.07. The number of nitrogens with one attached hydrogen (secondary N) is 1. The molecule has 0 bridgehead atoms. The Labute approximate surface area is 144 Å². The van der Waals surface area contributed by atoms with E-state index in [1.54, 1.807) is 36.7 Å². The highest BCUT2D eigenvalue weighted by Crippen LogP contribution is 2.48. The van der Waals surface area contributed by atoms with E-state index in [1.165, 1.54) is 0 Å². The number of fused-ring (bicyclic) bond motifs is 1. The van der Waals surface area contributed by atoms with Crippen molar-refractivity contribution in [1.82, 2.24) is 4.98 Å². The minimum absolute atomic E-state index is 0.000664. The van der Waals surface area contributed by atoms with Crippen LogP contribution in [-0.4, -0.2) is 22.0 Å². The minimum atomic E-state index is -0.942. The molecule has 0 unspecified atom stereocenters. The van der Waals surface area contributed by atoms with Gasteiger partial charge >= 0.3 is 5.97 Å². The minimum Gasteiger partial charge on any atom is -0.478 e. The zero-order chi connectivity index (χ0) is 17.4. The first-order valence-corrected chi connectivity index (χ1v) is 8.10. The number of pyridine rings is 1. The Kier molecular flexibility index (Phi) is 3.69. The molecule has 1 aliphatic rings. The van der Waals surface area contributed by atoms with E-state index in [-0.39, 0.29) is 23.3 Å². The van der Waals surface area contributed by atoms with E-state index in [0.29, 0.717) is 0 Å². The molecule has 1 heterocycles. The molecule has 0 saturated heterocycles. The first-order valence-electron chi connectivity index (χ1n) is 8.10. The number of hydrogen-bond acceptors (Lipinski definition) is 3. The summed E-state index contributed by atoms with van der Waals surface area (Å²) in [6.45, 7) is 0. The number of carboxylic acid groups (broad SMARTS) is 1. The molecule has 1 aromatic heterocycles. The molecule has 2 N–H and O–H groups in total. The van der Waals surface area contributed by atoms with E-state index in [9.17, 15) is 9.59 Å². The quantitative estimate of drug-likeness (QED) is 0.764. The zero-order valence-electron chi connectivity index (χ0n) is 13.3. The highest BCUT2D eigenvalue weighted by Gasteiger charge is 2.43. The molecule has 0 radical (unpaired) electrons. The maximum atomic E-state index is 12.5. The van der Waals surface area contributed by atoms with Crippen molar-refractivity contribution in [3.63, 3.8) is 0 Å². The summed E-state index contributed by atoms with van der Waals surface area (Å²) in [5, 5.41) is 14.0. The summed E-state index contributed by atoms with van der Waals surface area (Å²) in [5.41, 5.74) is 2.04. The summed E-state index contributed by atoms with van der Waals surface area (Å²) in [7, 11) is 0. The van der Waals surface area contributed by atoms with Crippen molar-refractivity contribution in [3.8, 4) is 0 Å². The zero-order valence-corrected chi connectivity index (χ0v) is 13.3. The van der Waals surface area contributed by atoms with E-state index in [4.69, 9.17) is 5.11 Å². The standard InChI is InChI=1S/C20H16N2O3/c23-19(22-16-6-5-15-11-21-8-7-14(15)9-16)18-10-17(18)12-1-3-13(4-2-12)20(24)25/h1-9,11,17-18H,10H2,(H,22,23)(H,24,25)/t17-,18+/m0/s1. The number of carbonyl (C=O) groups excluding carboxylic acids is 1. The van der Waals surface area contributed by atoms with Crippen molar-refractivity contribution in [2.75, 3.05) is 5.32 Å². The Balaban J connectivity index is 1.44. The van der Waals surface area contributed by atoms with Crippen molar-refractivity contribution < 1.29 is 14.7 Å². The van der Waals surface area contributed by atoms with E-state index in [2.05, 4.69) is 10.3 Å². The average molecular weight is 332 g/mol. The smallest absolute Gasteiger partial charge is 0.335 e. The Hall–Kier alpha value is -3.21. The summed E-state index contributed by atoms with van der Waals surface area (Å²) in [4.78, 5) is 27.4. The Morgan fingerprint density at radius 3 is 2.60 bits per heavy atom. The Morgan fingerprint density at radius 2 is 1.84 bits per heavy atom. The summed E-state index contributed by atoms with van der Waals surface area (Å²) in [6.07, 6.45) is 4.31. The van der Waals surface area contributed by atoms with Crippen molar-refractivity contribution in [1.29, 1.82) is 0 Å². The number of hydrogen-bond donors (Lipinski definition) is 2. The van der Waals surface area contributed by atoms with Crippen LogP contribution in [0.15, 0.2) is 60.9 Å². The van der Waals surface area contributed by atoms with Crippen molar-refractivity contribution in [2.45, 2.75) is 12.3 Å². The molecule has 1 fully saturated rings. The molecule has 3 aromatic rings. The number of nitrogens with zero attached hydrogens (tertiary/aromatic N) is 1. The molecule has 0 aliphatic heterocycles. The van der Waals surface area contributed by atoms with Crippen LogP contribution in [0.2, 0.25) is 0 Å². The van der Waals surface area contributed by atoms with E-state index in [0.717, 1.165) is 28.4 Å². The number of rotatable bonds is 4. The normalized spacial score (nSPS) is 18.7. The second kappa shape index (κ2) is 6.02. The second-order valence-corrected chi connectivity index (χ2v) is 6.30. The number of carboxylic acids is 1. The lowest BCUT2D eigenvalue weighted by Crippen LogP contribution is -2.14. The topological polar surface area (TPSA) is 79.3 Å². The van der Waals surface area contributed by atoms with Gasteiger partial charge < -0.3 is 10.4 Å². The predicted octanol–water partition coefficient (Wildman–Crippen LogP) is 3.68. The van der Waals surface area contributed by atoms with Gasteiger partial charge in [0.25, 0.3) is 0 Å². The van der Waals surface area contributed by atoms with Crippen LogP contribution in [0.25, 0.3) is 10.8 Å². The molecule has 1 saturated carbocycles. The SMILES string of the molecule is O=C(O)c1ccc([C@@H]2C[C@H]2C(=O)Nc2ccc3cnccc3c2)cc1. The van der Waals surface area contributed by atoms with Gasteiger partial charge in [0.15, 0.2) is 0 Å². The molecule has 124 valence electrons. The van der Waals surface area contributed by atoms with Gasteiger partial charge in [-0.3, -0.25) is 9.78 Å². The van der Waals surface area contributed by atoms with Crippen molar-refractivity contribution in [2.24, 2.45) is 5.92 Å². The lowest BCUT2D eigenvalue weighted by molar-refractivity contribution is -0.117. The number of carbonyl (C=O) groups is 2. The Morgan fingerprint density at radius 1 is 1.04 bits per heavy atom. The van der Waals surface area contributed by atoms with Gasteiger partial charge in [-0.15, -0.1) is 0 Å². The molecular weight excluding hydrogens is 316 g/mol. The maximum absolute atomic E-state index is 12.5. The van der Waals surface area contributed by atoms with E-state index in [1.807, 2.05) is 24.3 Å². The van der Waals surface area contributed by atoms with Gasteiger partial charge in [-0.05, 0) is 53.6 Å².